The molecule has 0 saturated carbocycles. The lowest BCUT2D eigenvalue weighted by molar-refractivity contribution is -0.133. The lowest BCUT2D eigenvalue weighted by Crippen LogP contribution is -2.29. The average molecular weight is 427 g/mol. The number of H-pyrrole nitrogens is 1. The standard InChI is InChI=1S/C27H30N4O/c1-17-7-6-8-18(2)25(17)31-26(20-9-10-22-19(13-20)11-12-28-22)21-15-30(16-23(21)29-31)24(32)14-27(3,4)5/h6-13,28H,14-16H2,1-5H3. The fourth-order valence-electron chi connectivity index (χ4n) is 4.76. The van der Waals surface area contributed by atoms with Crippen LogP contribution in [0, 0.1) is 19.3 Å². The fraction of sp³-hybridized carbons (Fsp3) is 0.333. The van der Waals surface area contributed by atoms with Crippen LogP contribution in [0.25, 0.3) is 27.8 Å². The van der Waals surface area contributed by atoms with Crippen LogP contribution in [-0.2, 0) is 17.9 Å². The lowest BCUT2D eigenvalue weighted by atomic mass is 9.91. The van der Waals surface area contributed by atoms with E-state index in [1.54, 1.807) is 0 Å². The van der Waals surface area contributed by atoms with Crippen molar-refractivity contribution >= 4 is 16.8 Å². The summed E-state index contributed by atoms with van der Waals surface area (Å²) >= 11 is 0. The summed E-state index contributed by atoms with van der Waals surface area (Å²) in [7, 11) is 0. The third kappa shape index (κ3) is 3.52. The molecule has 0 bridgehead atoms. The van der Waals surface area contributed by atoms with Gasteiger partial charge in [-0.3, -0.25) is 4.79 Å². The van der Waals surface area contributed by atoms with Crippen molar-refractivity contribution in [2.24, 2.45) is 5.41 Å². The van der Waals surface area contributed by atoms with Crippen LogP contribution in [0.3, 0.4) is 0 Å². The number of para-hydroxylation sites is 1. The van der Waals surface area contributed by atoms with Gasteiger partial charge in [-0.1, -0.05) is 45.0 Å². The Bertz CT molecular complexity index is 1320. The Morgan fingerprint density at radius 3 is 2.53 bits per heavy atom. The Kier molecular flexibility index (Phi) is 4.73. The van der Waals surface area contributed by atoms with Crippen LogP contribution in [0.4, 0.5) is 0 Å². The number of aryl methyl sites for hydroxylation is 2. The third-order valence-electron chi connectivity index (χ3n) is 6.27. The second kappa shape index (κ2) is 7.37. The number of nitrogens with zero attached hydrogens (tertiary/aromatic N) is 3. The van der Waals surface area contributed by atoms with Crippen LogP contribution >= 0.6 is 0 Å². The molecule has 5 nitrogen and oxygen atoms in total. The van der Waals surface area contributed by atoms with Crippen LogP contribution in [0.1, 0.15) is 49.6 Å². The molecule has 32 heavy (non-hydrogen) atoms. The summed E-state index contributed by atoms with van der Waals surface area (Å²) in [6.45, 7) is 11.8. The average Bonchev–Trinajstić information content (AvgIpc) is 3.40. The first-order valence-electron chi connectivity index (χ1n) is 11.2. The molecular formula is C27H30N4O. The van der Waals surface area contributed by atoms with Crippen molar-refractivity contribution in [3.05, 3.63) is 71.0 Å². The largest absolute Gasteiger partial charge is 0.361 e. The quantitative estimate of drug-likeness (QED) is 0.442. The molecule has 0 fully saturated rings. The van der Waals surface area contributed by atoms with Crippen LogP contribution in [0.2, 0.25) is 0 Å². The third-order valence-corrected chi connectivity index (χ3v) is 6.27. The van der Waals surface area contributed by atoms with Crippen molar-refractivity contribution in [3.8, 4) is 16.9 Å². The van der Waals surface area contributed by atoms with E-state index in [4.69, 9.17) is 5.10 Å². The highest BCUT2D eigenvalue weighted by Crippen LogP contribution is 2.37. The normalized spacial score (nSPS) is 13.7. The highest BCUT2D eigenvalue weighted by molar-refractivity contribution is 5.86. The molecular weight excluding hydrogens is 396 g/mol. The molecule has 1 N–H and O–H groups in total. The number of benzene rings is 2. The zero-order chi connectivity index (χ0) is 22.6. The first-order valence-corrected chi connectivity index (χ1v) is 11.2. The summed E-state index contributed by atoms with van der Waals surface area (Å²) in [4.78, 5) is 18.2. The van der Waals surface area contributed by atoms with Gasteiger partial charge in [0.25, 0.3) is 0 Å². The topological polar surface area (TPSA) is 53.9 Å². The van der Waals surface area contributed by atoms with E-state index in [1.165, 1.54) is 16.5 Å². The van der Waals surface area contributed by atoms with E-state index in [1.807, 2.05) is 11.1 Å². The molecule has 0 spiro atoms. The van der Waals surface area contributed by atoms with Gasteiger partial charge in [-0.25, -0.2) is 4.68 Å². The number of hydrogen-bond acceptors (Lipinski definition) is 2. The maximum Gasteiger partial charge on any atom is 0.223 e. The number of fused-ring (bicyclic) bond motifs is 2. The van der Waals surface area contributed by atoms with Gasteiger partial charge in [-0.15, -0.1) is 0 Å². The number of aromatic nitrogens is 3. The fourth-order valence-corrected chi connectivity index (χ4v) is 4.76. The zero-order valence-electron chi connectivity index (χ0n) is 19.5. The Morgan fingerprint density at radius 2 is 1.81 bits per heavy atom. The number of nitrogens with one attached hydrogen (secondary N) is 1. The molecule has 1 amide bonds. The first kappa shape index (κ1) is 20.6. The Hall–Kier alpha value is -3.34. The van der Waals surface area contributed by atoms with Gasteiger partial charge in [0.15, 0.2) is 0 Å². The van der Waals surface area contributed by atoms with Crippen LogP contribution in [0.5, 0.6) is 0 Å². The molecule has 5 heteroatoms. The molecule has 1 aliphatic rings. The molecule has 0 aliphatic carbocycles. The number of rotatable bonds is 3. The summed E-state index contributed by atoms with van der Waals surface area (Å²) in [6, 6.07) is 14.9. The van der Waals surface area contributed by atoms with Crippen molar-refractivity contribution < 1.29 is 4.79 Å². The maximum atomic E-state index is 13.0. The second-order valence-electron chi connectivity index (χ2n) is 10.2. The minimum atomic E-state index is -0.0303. The summed E-state index contributed by atoms with van der Waals surface area (Å²) < 4.78 is 2.11. The molecule has 3 heterocycles. The minimum absolute atomic E-state index is 0.0303. The molecule has 0 atom stereocenters. The smallest absolute Gasteiger partial charge is 0.223 e. The predicted octanol–water partition coefficient (Wildman–Crippen LogP) is 5.92. The number of carbonyl (C=O) groups excluding carboxylic acids is 1. The Morgan fingerprint density at radius 1 is 1.06 bits per heavy atom. The van der Waals surface area contributed by atoms with E-state index in [0.29, 0.717) is 19.5 Å². The summed E-state index contributed by atoms with van der Waals surface area (Å²) in [5, 5.41) is 6.24. The van der Waals surface area contributed by atoms with E-state index in [9.17, 15) is 4.79 Å². The van der Waals surface area contributed by atoms with Gasteiger partial charge >= 0.3 is 0 Å². The van der Waals surface area contributed by atoms with E-state index in [-0.39, 0.29) is 11.3 Å². The number of amides is 1. The van der Waals surface area contributed by atoms with E-state index < -0.39 is 0 Å². The predicted molar refractivity (Wildman–Crippen MR) is 129 cm³/mol. The van der Waals surface area contributed by atoms with E-state index >= 15 is 0 Å². The minimum Gasteiger partial charge on any atom is -0.361 e. The van der Waals surface area contributed by atoms with Gasteiger partial charge in [-0.2, -0.15) is 5.10 Å². The Labute approximate surface area is 189 Å². The van der Waals surface area contributed by atoms with Crippen molar-refractivity contribution in [2.45, 2.75) is 54.1 Å². The highest BCUT2D eigenvalue weighted by Gasteiger charge is 2.33. The number of hydrogen-bond donors (Lipinski definition) is 1. The highest BCUT2D eigenvalue weighted by atomic mass is 16.2. The summed E-state index contributed by atoms with van der Waals surface area (Å²) in [5.74, 6) is 0.196. The zero-order valence-corrected chi connectivity index (χ0v) is 19.5. The molecule has 4 aromatic rings. The van der Waals surface area contributed by atoms with Gasteiger partial charge in [-0.05, 0) is 48.6 Å². The molecule has 2 aromatic heterocycles. The Balaban J connectivity index is 1.65. The molecule has 2 aromatic carbocycles. The van der Waals surface area contributed by atoms with Gasteiger partial charge in [0, 0.05) is 34.6 Å². The maximum absolute atomic E-state index is 13.0. The monoisotopic (exact) mass is 426 g/mol. The van der Waals surface area contributed by atoms with E-state index in [0.717, 1.165) is 33.7 Å². The summed E-state index contributed by atoms with van der Waals surface area (Å²) in [6.07, 6.45) is 2.51. The number of aromatic amines is 1. The van der Waals surface area contributed by atoms with Crippen molar-refractivity contribution in [1.29, 1.82) is 0 Å². The summed E-state index contributed by atoms with van der Waals surface area (Å²) in [5.41, 5.74) is 8.96. The lowest BCUT2D eigenvalue weighted by Gasteiger charge is -2.23. The molecule has 0 radical (unpaired) electrons. The molecule has 164 valence electrons. The molecule has 1 aliphatic heterocycles. The van der Waals surface area contributed by atoms with Gasteiger partial charge in [0.2, 0.25) is 5.91 Å². The SMILES string of the molecule is Cc1cccc(C)c1-n1nc2c(c1-c1ccc3[nH]ccc3c1)CN(C(=O)CC(C)(C)C)C2. The number of carbonyl (C=O) groups is 1. The van der Waals surface area contributed by atoms with Gasteiger partial charge in [0.1, 0.15) is 0 Å². The van der Waals surface area contributed by atoms with Crippen LogP contribution in [0.15, 0.2) is 48.7 Å². The first-order chi connectivity index (χ1) is 15.2. The second-order valence-corrected chi connectivity index (χ2v) is 10.2. The molecule has 5 rings (SSSR count). The van der Waals surface area contributed by atoms with Crippen molar-refractivity contribution in [3.63, 3.8) is 0 Å². The molecule has 0 saturated heterocycles. The van der Waals surface area contributed by atoms with Crippen LogP contribution < -0.4 is 0 Å². The van der Waals surface area contributed by atoms with Crippen molar-refractivity contribution in [1.82, 2.24) is 19.7 Å². The van der Waals surface area contributed by atoms with Gasteiger partial charge in [0.05, 0.1) is 30.2 Å². The van der Waals surface area contributed by atoms with Crippen molar-refractivity contribution in [2.75, 3.05) is 0 Å². The molecule has 0 unspecified atom stereocenters. The van der Waals surface area contributed by atoms with E-state index in [2.05, 4.69) is 86.7 Å². The van der Waals surface area contributed by atoms with Gasteiger partial charge < -0.3 is 9.88 Å². The van der Waals surface area contributed by atoms with Crippen LogP contribution in [-0.4, -0.2) is 25.6 Å².